The number of rotatable bonds is 1. The average Bonchev–Trinajstić information content (AvgIpc) is 2.27. The van der Waals surface area contributed by atoms with Crippen molar-refractivity contribution in [2.24, 2.45) is 0 Å². The zero-order valence-corrected chi connectivity index (χ0v) is 12.0. The third-order valence-electron chi connectivity index (χ3n) is 3.22. The summed E-state index contributed by atoms with van der Waals surface area (Å²) >= 11 is 0. The minimum atomic E-state index is 0.217. The molecule has 93 valence electrons. The molecule has 0 aromatic heterocycles. The van der Waals surface area contributed by atoms with E-state index in [1.807, 2.05) is 0 Å². The molecule has 0 bridgehead atoms. The Hall–Kier alpha value is -1.56. The SMILES string of the molecule is Cc1[c]c(C)cc(-c2ccc(C(C)(C)C)cc2)c1. The van der Waals surface area contributed by atoms with Crippen LogP contribution in [-0.4, -0.2) is 0 Å². The molecular formula is C18H21. The molecule has 0 amide bonds. The van der Waals surface area contributed by atoms with Crippen LogP contribution in [0.25, 0.3) is 11.1 Å². The van der Waals surface area contributed by atoms with Crippen LogP contribution >= 0.6 is 0 Å². The largest absolute Gasteiger partial charge is 0.0579 e. The van der Waals surface area contributed by atoms with Crippen LogP contribution in [0.1, 0.15) is 37.5 Å². The summed E-state index contributed by atoms with van der Waals surface area (Å²) in [6.07, 6.45) is 0. The zero-order chi connectivity index (χ0) is 13.3. The third-order valence-corrected chi connectivity index (χ3v) is 3.22. The Kier molecular flexibility index (Phi) is 3.30. The van der Waals surface area contributed by atoms with Crippen molar-refractivity contribution >= 4 is 0 Å². The topological polar surface area (TPSA) is 0 Å². The first-order chi connectivity index (χ1) is 8.36. The van der Waals surface area contributed by atoms with Crippen LogP contribution < -0.4 is 0 Å². The molecule has 0 saturated carbocycles. The summed E-state index contributed by atoms with van der Waals surface area (Å²) in [6, 6.07) is 16.6. The molecule has 18 heavy (non-hydrogen) atoms. The molecule has 0 atom stereocenters. The van der Waals surface area contributed by atoms with E-state index in [1.54, 1.807) is 0 Å². The standard InChI is InChI=1S/C18H21/c1-13-10-14(2)12-16(11-13)15-6-8-17(9-7-15)18(3,4)5/h6-9,11-12H,1-5H3. The fourth-order valence-electron chi connectivity index (χ4n) is 2.22. The maximum absolute atomic E-state index is 3.32. The van der Waals surface area contributed by atoms with Gasteiger partial charge in [-0.05, 0) is 53.1 Å². The van der Waals surface area contributed by atoms with Crippen molar-refractivity contribution in [2.45, 2.75) is 40.0 Å². The maximum atomic E-state index is 3.32. The van der Waals surface area contributed by atoms with Crippen LogP contribution in [0.4, 0.5) is 0 Å². The quantitative estimate of drug-likeness (QED) is 0.649. The summed E-state index contributed by atoms with van der Waals surface area (Å²) in [5.41, 5.74) is 6.55. The Labute approximate surface area is 111 Å². The lowest BCUT2D eigenvalue weighted by molar-refractivity contribution is 0.590. The highest BCUT2D eigenvalue weighted by Crippen LogP contribution is 2.27. The van der Waals surface area contributed by atoms with E-state index in [0.717, 1.165) is 0 Å². The van der Waals surface area contributed by atoms with Crippen molar-refractivity contribution in [1.82, 2.24) is 0 Å². The molecule has 0 unspecified atom stereocenters. The Morgan fingerprint density at radius 1 is 0.778 bits per heavy atom. The Bertz CT molecular complexity index is 519. The van der Waals surface area contributed by atoms with Gasteiger partial charge in [0.15, 0.2) is 0 Å². The maximum Gasteiger partial charge on any atom is -0.0120 e. The highest BCUT2D eigenvalue weighted by Gasteiger charge is 2.13. The van der Waals surface area contributed by atoms with Gasteiger partial charge in [0.1, 0.15) is 0 Å². The van der Waals surface area contributed by atoms with Crippen LogP contribution in [0.3, 0.4) is 0 Å². The van der Waals surface area contributed by atoms with Crippen molar-refractivity contribution < 1.29 is 0 Å². The molecule has 2 aromatic rings. The summed E-state index contributed by atoms with van der Waals surface area (Å²) in [5, 5.41) is 0. The Morgan fingerprint density at radius 3 is 1.72 bits per heavy atom. The molecule has 0 aliphatic rings. The van der Waals surface area contributed by atoms with E-state index in [4.69, 9.17) is 0 Å². The molecular weight excluding hydrogens is 216 g/mol. The number of aryl methyl sites for hydroxylation is 2. The summed E-state index contributed by atoms with van der Waals surface area (Å²) in [5.74, 6) is 0. The van der Waals surface area contributed by atoms with Crippen molar-refractivity contribution in [3.63, 3.8) is 0 Å². The van der Waals surface area contributed by atoms with Gasteiger partial charge in [0.25, 0.3) is 0 Å². The summed E-state index contributed by atoms with van der Waals surface area (Å²) in [4.78, 5) is 0. The second-order valence-corrected chi connectivity index (χ2v) is 6.06. The first-order valence-corrected chi connectivity index (χ1v) is 6.48. The van der Waals surface area contributed by atoms with Crippen molar-refractivity contribution in [2.75, 3.05) is 0 Å². The molecule has 2 aromatic carbocycles. The minimum Gasteiger partial charge on any atom is -0.0579 e. The molecule has 0 heterocycles. The van der Waals surface area contributed by atoms with Crippen LogP contribution in [-0.2, 0) is 5.41 Å². The summed E-state index contributed by atoms with van der Waals surface area (Å²) in [7, 11) is 0. The van der Waals surface area contributed by atoms with Crippen molar-refractivity contribution in [1.29, 1.82) is 0 Å². The predicted octanol–water partition coefficient (Wildman–Crippen LogP) is 5.07. The molecule has 0 spiro atoms. The Balaban J connectivity index is 2.40. The van der Waals surface area contributed by atoms with Crippen molar-refractivity contribution in [3.05, 3.63) is 59.2 Å². The van der Waals surface area contributed by atoms with Gasteiger partial charge in [-0.25, -0.2) is 0 Å². The van der Waals surface area contributed by atoms with Crippen LogP contribution in [0.2, 0.25) is 0 Å². The summed E-state index contributed by atoms with van der Waals surface area (Å²) in [6.45, 7) is 10.9. The van der Waals surface area contributed by atoms with Gasteiger partial charge in [0, 0.05) is 0 Å². The molecule has 2 rings (SSSR count). The smallest absolute Gasteiger partial charge is 0.0120 e. The van der Waals surface area contributed by atoms with E-state index in [0.29, 0.717) is 0 Å². The molecule has 0 fully saturated rings. The highest BCUT2D eigenvalue weighted by molar-refractivity contribution is 5.65. The lowest BCUT2D eigenvalue weighted by Crippen LogP contribution is -2.10. The fourth-order valence-corrected chi connectivity index (χ4v) is 2.22. The molecule has 1 radical (unpaired) electrons. The molecule has 0 heteroatoms. The van der Waals surface area contributed by atoms with E-state index in [9.17, 15) is 0 Å². The van der Waals surface area contributed by atoms with E-state index >= 15 is 0 Å². The van der Waals surface area contributed by atoms with Gasteiger partial charge in [-0.15, -0.1) is 0 Å². The number of benzene rings is 2. The first kappa shape index (κ1) is 12.9. The second-order valence-electron chi connectivity index (χ2n) is 6.06. The Morgan fingerprint density at radius 2 is 1.28 bits per heavy atom. The fraction of sp³-hybridized carbons (Fsp3) is 0.333. The number of hydrogen-bond acceptors (Lipinski definition) is 0. The van der Waals surface area contributed by atoms with Crippen LogP contribution in [0.15, 0.2) is 36.4 Å². The summed E-state index contributed by atoms with van der Waals surface area (Å²) < 4.78 is 0. The van der Waals surface area contributed by atoms with Gasteiger partial charge >= 0.3 is 0 Å². The minimum absolute atomic E-state index is 0.217. The predicted molar refractivity (Wildman–Crippen MR) is 78.9 cm³/mol. The molecule has 0 aliphatic heterocycles. The van der Waals surface area contributed by atoms with Gasteiger partial charge in [-0.2, -0.15) is 0 Å². The van der Waals surface area contributed by atoms with Crippen LogP contribution in [0, 0.1) is 19.9 Å². The highest BCUT2D eigenvalue weighted by atomic mass is 14.2. The molecule has 0 nitrogen and oxygen atoms in total. The van der Waals surface area contributed by atoms with E-state index in [-0.39, 0.29) is 5.41 Å². The van der Waals surface area contributed by atoms with Gasteiger partial charge in [-0.1, -0.05) is 57.2 Å². The van der Waals surface area contributed by atoms with E-state index in [1.165, 1.54) is 27.8 Å². The molecule has 0 N–H and O–H groups in total. The normalized spacial score (nSPS) is 11.6. The third kappa shape index (κ3) is 2.81. The monoisotopic (exact) mass is 237 g/mol. The second kappa shape index (κ2) is 4.61. The average molecular weight is 237 g/mol. The molecule has 0 aliphatic carbocycles. The molecule has 0 saturated heterocycles. The lowest BCUT2D eigenvalue weighted by atomic mass is 9.86. The van der Waals surface area contributed by atoms with Crippen molar-refractivity contribution in [3.8, 4) is 11.1 Å². The van der Waals surface area contributed by atoms with Gasteiger partial charge < -0.3 is 0 Å². The van der Waals surface area contributed by atoms with Crippen LogP contribution in [0.5, 0.6) is 0 Å². The lowest BCUT2D eigenvalue weighted by Gasteiger charge is -2.19. The number of hydrogen-bond donors (Lipinski definition) is 0. The first-order valence-electron chi connectivity index (χ1n) is 6.48. The zero-order valence-electron chi connectivity index (χ0n) is 12.0. The van der Waals surface area contributed by atoms with E-state index in [2.05, 4.69) is 77.1 Å². The van der Waals surface area contributed by atoms with Gasteiger partial charge in [0.05, 0.1) is 0 Å². The van der Waals surface area contributed by atoms with Gasteiger partial charge in [0.2, 0.25) is 0 Å². The van der Waals surface area contributed by atoms with Gasteiger partial charge in [-0.3, -0.25) is 0 Å². The van der Waals surface area contributed by atoms with E-state index < -0.39 is 0 Å².